The topological polar surface area (TPSA) is 29.9 Å². The summed E-state index contributed by atoms with van der Waals surface area (Å²) in [6.07, 6.45) is 7.39. The number of nitrogens with zero attached hydrogens (tertiary/aromatic N) is 2. The third-order valence-electron chi connectivity index (χ3n) is 3.90. The third kappa shape index (κ3) is 3.35. The van der Waals surface area contributed by atoms with E-state index in [2.05, 4.69) is 37.4 Å². The predicted octanol–water partition coefficient (Wildman–Crippen LogP) is 2.65. The van der Waals surface area contributed by atoms with E-state index in [0.717, 1.165) is 5.92 Å². The van der Waals surface area contributed by atoms with Crippen LogP contribution in [0, 0.1) is 5.92 Å². The van der Waals surface area contributed by atoms with Crippen LogP contribution in [0.25, 0.3) is 0 Å². The quantitative estimate of drug-likeness (QED) is 0.892. The minimum atomic E-state index is 0.157. The molecule has 0 bridgehead atoms. The Morgan fingerprint density at radius 2 is 2.00 bits per heavy atom. The van der Waals surface area contributed by atoms with Crippen LogP contribution in [-0.4, -0.2) is 22.9 Å². The molecule has 3 heteroatoms. The van der Waals surface area contributed by atoms with E-state index in [1.165, 1.54) is 50.0 Å². The van der Waals surface area contributed by atoms with Crippen LogP contribution in [0.15, 0.2) is 6.20 Å². The van der Waals surface area contributed by atoms with Gasteiger partial charge < -0.3 is 5.32 Å². The minimum absolute atomic E-state index is 0.157. The summed E-state index contributed by atoms with van der Waals surface area (Å²) in [4.78, 5) is 0. The van der Waals surface area contributed by atoms with Crippen molar-refractivity contribution in [1.29, 1.82) is 0 Å². The fourth-order valence-corrected chi connectivity index (χ4v) is 2.88. The van der Waals surface area contributed by atoms with Gasteiger partial charge in [0.1, 0.15) is 0 Å². The average molecular weight is 249 g/mol. The van der Waals surface area contributed by atoms with Gasteiger partial charge in [0.25, 0.3) is 0 Å². The Morgan fingerprint density at radius 3 is 2.61 bits per heavy atom. The second kappa shape index (κ2) is 5.43. The van der Waals surface area contributed by atoms with E-state index >= 15 is 0 Å². The number of aromatic nitrogens is 2. The Kier molecular flexibility index (Phi) is 4.10. The minimum Gasteiger partial charge on any atom is -0.317 e. The van der Waals surface area contributed by atoms with Crippen molar-refractivity contribution in [3.8, 4) is 0 Å². The first-order valence-electron chi connectivity index (χ1n) is 7.20. The Bertz CT molecular complexity index is 381. The molecule has 1 aromatic heterocycles. The first-order chi connectivity index (χ1) is 8.47. The smallest absolute Gasteiger partial charge is 0.0709 e. The normalized spacial score (nSPS) is 18.2. The molecule has 1 fully saturated rings. The molecule has 0 radical (unpaired) electrons. The lowest BCUT2D eigenvalue weighted by molar-refractivity contribution is 0.353. The average Bonchev–Trinajstić information content (AvgIpc) is 2.69. The molecule has 1 aliphatic heterocycles. The van der Waals surface area contributed by atoms with Crippen LogP contribution in [-0.2, 0) is 18.9 Å². The summed E-state index contributed by atoms with van der Waals surface area (Å²) in [7, 11) is 2.03. The number of piperidine rings is 1. The third-order valence-corrected chi connectivity index (χ3v) is 3.90. The largest absolute Gasteiger partial charge is 0.317 e. The highest BCUT2D eigenvalue weighted by molar-refractivity contribution is 5.24. The van der Waals surface area contributed by atoms with Gasteiger partial charge >= 0.3 is 0 Å². The number of hydrogen-bond donors (Lipinski definition) is 1. The first kappa shape index (κ1) is 13.6. The van der Waals surface area contributed by atoms with Crippen LogP contribution in [0.1, 0.15) is 51.3 Å². The molecule has 0 amide bonds. The molecule has 1 aliphatic rings. The van der Waals surface area contributed by atoms with Crippen LogP contribution < -0.4 is 5.32 Å². The zero-order chi connectivity index (χ0) is 13.2. The highest BCUT2D eigenvalue weighted by atomic mass is 15.3. The van der Waals surface area contributed by atoms with Gasteiger partial charge in [0.2, 0.25) is 0 Å². The summed E-state index contributed by atoms with van der Waals surface area (Å²) in [5, 5.41) is 8.09. The molecule has 0 aromatic carbocycles. The number of aryl methyl sites for hydroxylation is 2. The zero-order valence-corrected chi connectivity index (χ0v) is 12.3. The summed E-state index contributed by atoms with van der Waals surface area (Å²) in [5.74, 6) is 0.902. The van der Waals surface area contributed by atoms with Gasteiger partial charge in [-0.25, -0.2) is 0 Å². The van der Waals surface area contributed by atoms with Gasteiger partial charge in [-0.1, -0.05) is 20.8 Å². The van der Waals surface area contributed by atoms with E-state index in [9.17, 15) is 0 Å². The maximum absolute atomic E-state index is 4.65. The Balaban J connectivity index is 2.00. The maximum Gasteiger partial charge on any atom is 0.0709 e. The molecule has 0 spiro atoms. The molecule has 0 saturated carbocycles. The Labute approximate surface area is 111 Å². The van der Waals surface area contributed by atoms with Gasteiger partial charge in [-0.05, 0) is 50.3 Å². The van der Waals surface area contributed by atoms with Gasteiger partial charge in [-0.15, -0.1) is 0 Å². The Hall–Kier alpha value is -0.830. The van der Waals surface area contributed by atoms with Crippen molar-refractivity contribution in [1.82, 2.24) is 15.1 Å². The van der Waals surface area contributed by atoms with E-state index < -0.39 is 0 Å². The van der Waals surface area contributed by atoms with E-state index in [0.29, 0.717) is 0 Å². The lowest BCUT2D eigenvalue weighted by atomic mass is 9.86. The summed E-state index contributed by atoms with van der Waals surface area (Å²) in [6, 6.07) is 0. The molecule has 2 rings (SSSR count). The van der Waals surface area contributed by atoms with E-state index in [1.807, 2.05) is 11.7 Å². The highest BCUT2D eigenvalue weighted by Crippen LogP contribution is 2.27. The molecule has 0 aliphatic carbocycles. The standard InChI is InChI=1S/C15H27N3/c1-15(2,3)14-13(11-18(4)17-14)6-5-12-7-9-16-10-8-12/h11-12,16H,5-10H2,1-4H3. The first-order valence-corrected chi connectivity index (χ1v) is 7.20. The van der Waals surface area contributed by atoms with Crippen molar-refractivity contribution in [2.45, 2.75) is 51.9 Å². The fourth-order valence-electron chi connectivity index (χ4n) is 2.88. The van der Waals surface area contributed by atoms with E-state index in [1.54, 1.807) is 0 Å². The van der Waals surface area contributed by atoms with Crippen LogP contribution in [0.5, 0.6) is 0 Å². The van der Waals surface area contributed by atoms with Gasteiger partial charge in [0.15, 0.2) is 0 Å². The number of nitrogens with one attached hydrogen (secondary N) is 1. The molecule has 18 heavy (non-hydrogen) atoms. The second-order valence-electron chi connectivity index (χ2n) is 6.66. The molecule has 1 saturated heterocycles. The van der Waals surface area contributed by atoms with Crippen molar-refractivity contribution in [3.63, 3.8) is 0 Å². The maximum atomic E-state index is 4.65. The predicted molar refractivity (Wildman–Crippen MR) is 75.8 cm³/mol. The van der Waals surface area contributed by atoms with Crippen molar-refractivity contribution >= 4 is 0 Å². The molecule has 2 heterocycles. The van der Waals surface area contributed by atoms with Gasteiger partial charge in [-0.2, -0.15) is 5.10 Å². The van der Waals surface area contributed by atoms with Crippen LogP contribution in [0.3, 0.4) is 0 Å². The molecule has 3 nitrogen and oxygen atoms in total. The summed E-state index contributed by atoms with van der Waals surface area (Å²) in [6.45, 7) is 9.16. The molecular weight excluding hydrogens is 222 g/mol. The molecule has 1 N–H and O–H groups in total. The molecule has 0 unspecified atom stereocenters. The lowest BCUT2D eigenvalue weighted by Crippen LogP contribution is -2.28. The highest BCUT2D eigenvalue weighted by Gasteiger charge is 2.22. The van der Waals surface area contributed by atoms with Crippen LogP contribution in [0.4, 0.5) is 0 Å². The molecule has 0 atom stereocenters. The monoisotopic (exact) mass is 249 g/mol. The van der Waals surface area contributed by atoms with Crippen molar-refractivity contribution in [2.24, 2.45) is 13.0 Å². The van der Waals surface area contributed by atoms with Crippen LogP contribution in [0.2, 0.25) is 0 Å². The Morgan fingerprint density at radius 1 is 1.33 bits per heavy atom. The van der Waals surface area contributed by atoms with E-state index in [4.69, 9.17) is 0 Å². The van der Waals surface area contributed by atoms with Gasteiger partial charge in [-0.3, -0.25) is 4.68 Å². The van der Waals surface area contributed by atoms with Crippen molar-refractivity contribution < 1.29 is 0 Å². The SMILES string of the molecule is Cn1cc(CCC2CCNCC2)c(C(C)(C)C)n1. The van der Waals surface area contributed by atoms with Crippen molar-refractivity contribution in [2.75, 3.05) is 13.1 Å². The number of hydrogen-bond acceptors (Lipinski definition) is 2. The zero-order valence-electron chi connectivity index (χ0n) is 12.3. The second-order valence-corrected chi connectivity index (χ2v) is 6.66. The lowest BCUT2D eigenvalue weighted by Gasteiger charge is -2.23. The summed E-state index contributed by atoms with van der Waals surface area (Å²) < 4.78 is 1.97. The van der Waals surface area contributed by atoms with Crippen molar-refractivity contribution in [3.05, 3.63) is 17.5 Å². The molecule has 1 aromatic rings. The molecule has 102 valence electrons. The number of rotatable bonds is 3. The summed E-state index contributed by atoms with van der Waals surface area (Å²) in [5.41, 5.74) is 2.88. The van der Waals surface area contributed by atoms with Crippen LogP contribution >= 0.6 is 0 Å². The summed E-state index contributed by atoms with van der Waals surface area (Å²) >= 11 is 0. The fraction of sp³-hybridized carbons (Fsp3) is 0.800. The van der Waals surface area contributed by atoms with E-state index in [-0.39, 0.29) is 5.41 Å². The van der Waals surface area contributed by atoms with Gasteiger partial charge in [0.05, 0.1) is 5.69 Å². The van der Waals surface area contributed by atoms with Gasteiger partial charge in [0, 0.05) is 18.7 Å². The molecular formula is C15H27N3.